The molecule has 0 aromatic heterocycles. The molecule has 0 aromatic carbocycles. The van der Waals surface area contributed by atoms with Crippen molar-refractivity contribution in [1.29, 1.82) is 0 Å². The summed E-state index contributed by atoms with van der Waals surface area (Å²) in [5, 5.41) is 11.9. The maximum Gasteiger partial charge on any atom is 0.305 e. The van der Waals surface area contributed by atoms with Crippen molar-refractivity contribution in [3.05, 3.63) is 0 Å². The molecule has 4 heteroatoms. The van der Waals surface area contributed by atoms with Crippen molar-refractivity contribution in [3.8, 4) is 0 Å². The Labute approximate surface area is 102 Å². The zero-order chi connectivity index (χ0) is 12.7. The first-order valence-electron chi connectivity index (χ1n) is 6.51. The summed E-state index contributed by atoms with van der Waals surface area (Å²) in [7, 11) is 0. The molecule has 96 valence electrons. The standard InChI is InChI=1S/C13H21NO3/c1-3-13(4-2,8-10(15)16)14-11(17)9-7-12(9)5-6-12/h9H,3-8H2,1-2H3,(H,14,17)(H,15,16). The second-order valence-corrected chi connectivity index (χ2v) is 5.67. The maximum atomic E-state index is 12.1. The Kier molecular flexibility index (Phi) is 2.92. The lowest BCUT2D eigenvalue weighted by atomic mass is 9.88. The van der Waals surface area contributed by atoms with Crippen LogP contribution in [0, 0.1) is 11.3 Å². The van der Waals surface area contributed by atoms with Gasteiger partial charge in [0, 0.05) is 11.5 Å². The van der Waals surface area contributed by atoms with Gasteiger partial charge in [-0.3, -0.25) is 9.59 Å². The molecule has 1 amide bonds. The van der Waals surface area contributed by atoms with Gasteiger partial charge in [-0.05, 0) is 37.5 Å². The lowest BCUT2D eigenvalue weighted by Gasteiger charge is -2.31. The number of carboxylic acids is 1. The molecule has 2 fully saturated rings. The minimum Gasteiger partial charge on any atom is -0.481 e. The predicted molar refractivity (Wildman–Crippen MR) is 63.5 cm³/mol. The molecular weight excluding hydrogens is 218 g/mol. The Hall–Kier alpha value is -1.06. The summed E-state index contributed by atoms with van der Waals surface area (Å²) in [4.78, 5) is 23.0. The highest BCUT2D eigenvalue weighted by atomic mass is 16.4. The largest absolute Gasteiger partial charge is 0.481 e. The van der Waals surface area contributed by atoms with E-state index in [0.29, 0.717) is 18.3 Å². The molecule has 0 bridgehead atoms. The quantitative estimate of drug-likeness (QED) is 0.744. The summed E-state index contributed by atoms with van der Waals surface area (Å²) in [6.07, 6.45) is 4.72. The van der Waals surface area contributed by atoms with Gasteiger partial charge in [-0.2, -0.15) is 0 Å². The summed E-state index contributed by atoms with van der Waals surface area (Å²) in [6.45, 7) is 3.87. The average Bonchev–Trinajstić information content (AvgIpc) is 3.18. The highest BCUT2D eigenvalue weighted by Crippen LogP contribution is 2.70. The van der Waals surface area contributed by atoms with Gasteiger partial charge in [0.2, 0.25) is 5.91 Å². The number of carboxylic acid groups (broad SMARTS) is 1. The number of hydrogen-bond acceptors (Lipinski definition) is 2. The van der Waals surface area contributed by atoms with E-state index in [0.717, 1.165) is 6.42 Å². The Balaban J connectivity index is 1.96. The van der Waals surface area contributed by atoms with Gasteiger partial charge in [-0.25, -0.2) is 0 Å². The Morgan fingerprint density at radius 2 is 1.94 bits per heavy atom. The third kappa shape index (κ3) is 2.31. The number of carbonyl (C=O) groups excluding carboxylic acids is 1. The molecule has 0 heterocycles. The third-order valence-electron chi connectivity index (χ3n) is 4.63. The van der Waals surface area contributed by atoms with Crippen molar-refractivity contribution in [1.82, 2.24) is 5.32 Å². The zero-order valence-electron chi connectivity index (χ0n) is 10.6. The topological polar surface area (TPSA) is 66.4 Å². The van der Waals surface area contributed by atoms with Gasteiger partial charge >= 0.3 is 5.97 Å². The number of nitrogens with one attached hydrogen (secondary N) is 1. The summed E-state index contributed by atoms with van der Waals surface area (Å²) in [5.41, 5.74) is -0.220. The second kappa shape index (κ2) is 4.00. The molecule has 2 aliphatic rings. The van der Waals surface area contributed by atoms with Crippen LogP contribution in [0.1, 0.15) is 52.4 Å². The summed E-state index contributed by atoms with van der Waals surface area (Å²) < 4.78 is 0. The van der Waals surface area contributed by atoms with Crippen LogP contribution in [-0.2, 0) is 9.59 Å². The van der Waals surface area contributed by atoms with Crippen molar-refractivity contribution in [2.75, 3.05) is 0 Å². The normalized spacial score (nSPS) is 24.5. The zero-order valence-corrected chi connectivity index (χ0v) is 10.6. The Morgan fingerprint density at radius 1 is 1.35 bits per heavy atom. The molecule has 17 heavy (non-hydrogen) atoms. The van der Waals surface area contributed by atoms with E-state index in [1.165, 1.54) is 12.8 Å². The van der Waals surface area contributed by atoms with Gasteiger partial charge < -0.3 is 10.4 Å². The van der Waals surface area contributed by atoms with Crippen molar-refractivity contribution in [2.45, 2.75) is 57.9 Å². The van der Waals surface area contributed by atoms with Gasteiger partial charge in [0.1, 0.15) is 0 Å². The second-order valence-electron chi connectivity index (χ2n) is 5.67. The Bertz CT molecular complexity index is 343. The van der Waals surface area contributed by atoms with Gasteiger partial charge in [-0.15, -0.1) is 0 Å². The van der Waals surface area contributed by atoms with E-state index in [-0.39, 0.29) is 18.2 Å². The number of rotatable bonds is 6. The molecular formula is C13H21NO3. The SMILES string of the molecule is CCC(CC)(CC(=O)O)NC(=O)C1CC12CC2. The van der Waals surface area contributed by atoms with Gasteiger partial charge in [-0.1, -0.05) is 13.8 Å². The first-order chi connectivity index (χ1) is 7.97. The van der Waals surface area contributed by atoms with Crippen LogP contribution < -0.4 is 5.32 Å². The molecule has 0 aromatic rings. The van der Waals surface area contributed by atoms with E-state index in [2.05, 4.69) is 5.32 Å². The molecule has 0 saturated heterocycles. The number of carbonyl (C=O) groups is 2. The average molecular weight is 239 g/mol. The van der Waals surface area contributed by atoms with Crippen LogP contribution in [0.25, 0.3) is 0 Å². The van der Waals surface area contributed by atoms with E-state index >= 15 is 0 Å². The van der Waals surface area contributed by atoms with Crippen LogP contribution >= 0.6 is 0 Å². The highest BCUT2D eigenvalue weighted by molar-refractivity contribution is 5.84. The van der Waals surface area contributed by atoms with Gasteiger partial charge in [0.05, 0.1) is 6.42 Å². The smallest absolute Gasteiger partial charge is 0.305 e. The van der Waals surface area contributed by atoms with Crippen LogP contribution in [0.4, 0.5) is 0 Å². The number of hydrogen-bond donors (Lipinski definition) is 2. The minimum atomic E-state index is -0.842. The lowest BCUT2D eigenvalue weighted by molar-refractivity contribution is -0.139. The molecule has 2 aliphatic carbocycles. The van der Waals surface area contributed by atoms with Crippen molar-refractivity contribution >= 4 is 11.9 Å². The van der Waals surface area contributed by atoms with Crippen LogP contribution in [-0.4, -0.2) is 22.5 Å². The van der Waals surface area contributed by atoms with Crippen molar-refractivity contribution in [3.63, 3.8) is 0 Å². The van der Waals surface area contributed by atoms with E-state index in [4.69, 9.17) is 5.11 Å². The predicted octanol–water partition coefficient (Wildman–Crippen LogP) is 1.94. The van der Waals surface area contributed by atoms with Crippen molar-refractivity contribution < 1.29 is 14.7 Å². The molecule has 1 spiro atoms. The molecule has 0 aliphatic heterocycles. The van der Waals surface area contributed by atoms with Gasteiger partial charge in [0.25, 0.3) is 0 Å². The highest BCUT2D eigenvalue weighted by Gasteiger charge is 2.66. The fourth-order valence-corrected chi connectivity index (χ4v) is 2.79. The fourth-order valence-electron chi connectivity index (χ4n) is 2.79. The first kappa shape index (κ1) is 12.4. The summed E-state index contributed by atoms with van der Waals surface area (Å²) in [6, 6.07) is 0. The molecule has 2 rings (SSSR count). The van der Waals surface area contributed by atoms with E-state index in [9.17, 15) is 9.59 Å². The molecule has 1 atom stereocenters. The van der Waals surface area contributed by atoms with E-state index in [1.54, 1.807) is 0 Å². The maximum absolute atomic E-state index is 12.1. The fraction of sp³-hybridized carbons (Fsp3) is 0.846. The molecule has 2 N–H and O–H groups in total. The summed E-state index contributed by atoms with van der Waals surface area (Å²) >= 11 is 0. The van der Waals surface area contributed by atoms with Crippen molar-refractivity contribution in [2.24, 2.45) is 11.3 Å². The van der Waals surface area contributed by atoms with Crippen LogP contribution in [0.15, 0.2) is 0 Å². The van der Waals surface area contributed by atoms with E-state index in [1.807, 2.05) is 13.8 Å². The minimum absolute atomic E-state index is 0.0193. The van der Waals surface area contributed by atoms with Crippen LogP contribution in [0.3, 0.4) is 0 Å². The van der Waals surface area contributed by atoms with E-state index < -0.39 is 11.5 Å². The molecule has 4 nitrogen and oxygen atoms in total. The van der Waals surface area contributed by atoms with Crippen LogP contribution in [0.2, 0.25) is 0 Å². The third-order valence-corrected chi connectivity index (χ3v) is 4.63. The molecule has 2 saturated carbocycles. The lowest BCUT2D eigenvalue weighted by Crippen LogP contribution is -2.49. The van der Waals surface area contributed by atoms with Gasteiger partial charge in [0.15, 0.2) is 0 Å². The first-order valence-corrected chi connectivity index (χ1v) is 6.51. The monoisotopic (exact) mass is 239 g/mol. The number of aliphatic carboxylic acids is 1. The Morgan fingerprint density at radius 3 is 2.29 bits per heavy atom. The molecule has 1 unspecified atom stereocenters. The molecule has 0 radical (unpaired) electrons. The summed E-state index contributed by atoms with van der Waals surface area (Å²) in [5.74, 6) is -0.604. The number of amides is 1. The van der Waals surface area contributed by atoms with Crippen LogP contribution in [0.5, 0.6) is 0 Å².